The Bertz CT molecular complexity index is 672. The number of H-pyrrole nitrogens is 1. The number of aryl methyl sites for hydroxylation is 1. The first-order valence-corrected chi connectivity index (χ1v) is 8.29. The number of hydrogen-bond donors (Lipinski definition) is 2. The van der Waals surface area contributed by atoms with Gasteiger partial charge in [-0.15, -0.1) is 0 Å². The number of nitrogens with zero attached hydrogens (tertiary/aromatic N) is 2. The van der Waals surface area contributed by atoms with Gasteiger partial charge in [0.1, 0.15) is 5.82 Å². The topological polar surface area (TPSA) is 44.0 Å². The van der Waals surface area contributed by atoms with E-state index in [0.29, 0.717) is 5.92 Å². The maximum atomic E-state index is 13.8. The van der Waals surface area contributed by atoms with Crippen molar-refractivity contribution in [1.29, 1.82) is 0 Å². The Morgan fingerprint density at radius 1 is 1.48 bits per heavy atom. The third-order valence-corrected chi connectivity index (χ3v) is 5.02. The second-order valence-corrected chi connectivity index (χ2v) is 6.71. The summed E-state index contributed by atoms with van der Waals surface area (Å²) in [7, 11) is 2.09. The lowest BCUT2D eigenvalue weighted by Gasteiger charge is -2.26. The van der Waals surface area contributed by atoms with E-state index < -0.39 is 0 Å². The molecule has 2 N–H and O–H groups in total. The Labute approximate surface area is 141 Å². The van der Waals surface area contributed by atoms with Crippen molar-refractivity contribution in [3.8, 4) is 0 Å². The zero-order valence-electron chi connectivity index (χ0n) is 13.4. The van der Waals surface area contributed by atoms with Gasteiger partial charge < -0.3 is 5.32 Å². The molecule has 1 fully saturated rings. The molecule has 3 rings (SSSR count). The van der Waals surface area contributed by atoms with Crippen LogP contribution in [0, 0.1) is 18.7 Å². The third-order valence-electron chi connectivity index (χ3n) is 4.72. The maximum Gasteiger partial charge on any atom is 0.142 e. The van der Waals surface area contributed by atoms with Crippen molar-refractivity contribution in [1.82, 2.24) is 20.4 Å². The molecule has 2 heterocycles. The van der Waals surface area contributed by atoms with Crippen LogP contribution in [0.4, 0.5) is 4.39 Å². The first-order valence-electron chi connectivity index (χ1n) is 7.91. The highest BCUT2D eigenvalue weighted by atomic mass is 35.5. The number of aromatic amines is 1. The number of nitrogens with one attached hydrogen (secondary N) is 2. The van der Waals surface area contributed by atoms with Crippen molar-refractivity contribution in [3.63, 3.8) is 0 Å². The zero-order chi connectivity index (χ0) is 16.4. The van der Waals surface area contributed by atoms with E-state index in [1.807, 2.05) is 19.2 Å². The van der Waals surface area contributed by atoms with Gasteiger partial charge in [-0.1, -0.05) is 17.7 Å². The zero-order valence-corrected chi connectivity index (χ0v) is 14.2. The Hall–Kier alpha value is -1.43. The highest BCUT2D eigenvalue weighted by Gasteiger charge is 2.33. The molecule has 2 atom stereocenters. The molecule has 0 saturated carbocycles. The van der Waals surface area contributed by atoms with E-state index in [9.17, 15) is 4.39 Å². The molecule has 1 aliphatic rings. The average Bonchev–Trinajstić information content (AvgIpc) is 3.09. The summed E-state index contributed by atoms with van der Waals surface area (Å²) in [5.74, 6) is 0.109. The number of likely N-dealkylation sites (tertiary alicyclic amines) is 1. The van der Waals surface area contributed by atoms with Gasteiger partial charge in [-0.3, -0.25) is 10.00 Å². The Balaban J connectivity index is 1.66. The van der Waals surface area contributed by atoms with Crippen LogP contribution in [0.1, 0.15) is 29.3 Å². The molecule has 0 bridgehead atoms. The highest BCUT2D eigenvalue weighted by molar-refractivity contribution is 6.30. The van der Waals surface area contributed by atoms with E-state index in [1.54, 1.807) is 12.1 Å². The van der Waals surface area contributed by atoms with Crippen LogP contribution in [0.25, 0.3) is 0 Å². The van der Waals surface area contributed by atoms with E-state index >= 15 is 0 Å². The molecular weight excluding hydrogens is 315 g/mol. The van der Waals surface area contributed by atoms with Gasteiger partial charge in [0, 0.05) is 30.4 Å². The fourth-order valence-corrected chi connectivity index (χ4v) is 3.53. The van der Waals surface area contributed by atoms with Crippen LogP contribution < -0.4 is 5.32 Å². The van der Waals surface area contributed by atoms with Crippen LogP contribution in [-0.4, -0.2) is 35.2 Å². The second kappa shape index (κ2) is 6.99. The van der Waals surface area contributed by atoms with Gasteiger partial charge in [-0.05, 0) is 50.6 Å². The molecule has 1 aromatic heterocycles. The average molecular weight is 337 g/mol. The Kier molecular flexibility index (Phi) is 4.99. The lowest BCUT2D eigenvalue weighted by Crippen LogP contribution is -2.28. The van der Waals surface area contributed by atoms with Crippen LogP contribution >= 0.6 is 11.6 Å². The molecule has 23 heavy (non-hydrogen) atoms. The van der Waals surface area contributed by atoms with Gasteiger partial charge in [0.2, 0.25) is 0 Å². The SMILES string of the molecule is Cc1[nH]ncc1CNCC1CCN(C)C1c1ccc(Cl)c(F)c1. The molecule has 6 heteroatoms. The van der Waals surface area contributed by atoms with Gasteiger partial charge >= 0.3 is 0 Å². The number of benzene rings is 1. The minimum absolute atomic E-state index is 0.180. The fourth-order valence-electron chi connectivity index (χ4n) is 3.41. The molecule has 2 aromatic rings. The monoisotopic (exact) mass is 336 g/mol. The minimum atomic E-state index is -0.342. The summed E-state index contributed by atoms with van der Waals surface area (Å²) in [5.41, 5.74) is 3.28. The number of aromatic nitrogens is 2. The Morgan fingerprint density at radius 2 is 2.30 bits per heavy atom. The molecule has 0 amide bonds. The largest absolute Gasteiger partial charge is 0.312 e. The molecule has 4 nitrogen and oxygen atoms in total. The van der Waals surface area contributed by atoms with E-state index in [2.05, 4.69) is 27.5 Å². The normalized spacial score (nSPS) is 21.9. The molecule has 1 saturated heterocycles. The van der Waals surface area contributed by atoms with E-state index in [1.165, 1.54) is 5.56 Å². The first-order chi connectivity index (χ1) is 11.1. The predicted molar refractivity (Wildman–Crippen MR) is 89.9 cm³/mol. The summed E-state index contributed by atoms with van der Waals surface area (Å²) in [6.45, 7) is 4.73. The molecule has 0 aliphatic carbocycles. The van der Waals surface area contributed by atoms with Crippen molar-refractivity contribution in [2.24, 2.45) is 5.92 Å². The highest BCUT2D eigenvalue weighted by Crippen LogP contribution is 2.36. The number of halogens is 2. The summed E-state index contributed by atoms with van der Waals surface area (Å²) in [4.78, 5) is 2.29. The van der Waals surface area contributed by atoms with Crippen LogP contribution in [-0.2, 0) is 6.54 Å². The van der Waals surface area contributed by atoms with Crippen LogP contribution in [0.15, 0.2) is 24.4 Å². The third kappa shape index (κ3) is 3.57. The number of hydrogen-bond acceptors (Lipinski definition) is 3. The Morgan fingerprint density at radius 3 is 3.00 bits per heavy atom. The lowest BCUT2D eigenvalue weighted by molar-refractivity contribution is 0.271. The van der Waals surface area contributed by atoms with Gasteiger partial charge in [0.15, 0.2) is 0 Å². The van der Waals surface area contributed by atoms with Crippen molar-refractivity contribution >= 4 is 11.6 Å². The smallest absolute Gasteiger partial charge is 0.142 e. The van der Waals surface area contributed by atoms with E-state index in [0.717, 1.165) is 37.3 Å². The van der Waals surface area contributed by atoms with Gasteiger partial charge in [0.05, 0.1) is 11.2 Å². The van der Waals surface area contributed by atoms with Crippen LogP contribution in [0.2, 0.25) is 5.02 Å². The summed E-state index contributed by atoms with van der Waals surface area (Å²) >= 11 is 5.81. The quantitative estimate of drug-likeness (QED) is 0.880. The molecule has 124 valence electrons. The van der Waals surface area contributed by atoms with Crippen molar-refractivity contribution < 1.29 is 4.39 Å². The lowest BCUT2D eigenvalue weighted by atomic mass is 9.93. The number of rotatable bonds is 5. The maximum absolute atomic E-state index is 13.8. The summed E-state index contributed by atoms with van der Waals surface area (Å²) < 4.78 is 13.8. The van der Waals surface area contributed by atoms with Crippen molar-refractivity contribution in [3.05, 3.63) is 52.1 Å². The fraction of sp³-hybridized carbons (Fsp3) is 0.471. The molecule has 1 aromatic carbocycles. The van der Waals surface area contributed by atoms with Crippen molar-refractivity contribution in [2.75, 3.05) is 20.1 Å². The minimum Gasteiger partial charge on any atom is -0.312 e. The van der Waals surface area contributed by atoms with Crippen LogP contribution in [0.5, 0.6) is 0 Å². The second-order valence-electron chi connectivity index (χ2n) is 6.30. The summed E-state index contributed by atoms with van der Waals surface area (Å²) in [6.07, 6.45) is 2.96. The molecule has 2 unspecified atom stereocenters. The van der Waals surface area contributed by atoms with E-state index in [-0.39, 0.29) is 16.9 Å². The van der Waals surface area contributed by atoms with Crippen molar-refractivity contribution in [2.45, 2.75) is 25.9 Å². The summed E-state index contributed by atoms with van der Waals surface area (Å²) in [5, 5.41) is 10.7. The van der Waals surface area contributed by atoms with Gasteiger partial charge in [-0.25, -0.2) is 4.39 Å². The standard InChI is InChI=1S/C17H22ClFN4/c1-11-14(10-21-22-11)9-20-8-13-5-6-23(2)17(13)12-3-4-15(18)16(19)7-12/h3-4,7,10,13,17,20H,5-6,8-9H2,1-2H3,(H,21,22). The van der Waals surface area contributed by atoms with Gasteiger partial charge in [0.25, 0.3) is 0 Å². The molecule has 0 spiro atoms. The molecule has 1 aliphatic heterocycles. The molecular formula is C17H22ClFN4. The van der Waals surface area contributed by atoms with E-state index in [4.69, 9.17) is 11.6 Å². The summed E-state index contributed by atoms with van der Waals surface area (Å²) in [6, 6.07) is 5.38. The van der Waals surface area contributed by atoms with Crippen LogP contribution in [0.3, 0.4) is 0 Å². The molecule has 0 radical (unpaired) electrons. The first kappa shape index (κ1) is 16.4. The predicted octanol–water partition coefficient (Wildman–Crippen LogP) is 3.29. The van der Waals surface area contributed by atoms with Gasteiger partial charge in [-0.2, -0.15) is 5.10 Å².